The molecule has 0 aliphatic carbocycles. The third kappa shape index (κ3) is 5.50. The first-order chi connectivity index (χ1) is 15.1. The Morgan fingerprint density at radius 2 is 2.00 bits per heavy atom. The lowest BCUT2D eigenvalue weighted by Crippen LogP contribution is -2.44. The minimum Gasteiger partial charge on any atom is -0.369 e. The molecule has 2 aromatic carbocycles. The van der Waals surface area contributed by atoms with Crippen molar-refractivity contribution in [3.63, 3.8) is 0 Å². The molecule has 2 aromatic rings. The highest BCUT2D eigenvalue weighted by atomic mass is 35.5. The Kier molecular flexibility index (Phi) is 6.97. The zero-order chi connectivity index (χ0) is 21.6. The monoisotopic (exact) mass is 439 g/mol. The fourth-order valence-corrected chi connectivity index (χ4v) is 4.50. The van der Waals surface area contributed by atoms with Crippen LogP contribution in [-0.2, 0) is 17.9 Å². The van der Waals surface area contributed by atoms with Crippen molar-refractivity contribution in [1.29, 1.82) is 0 Å². The van der Waals surface area contributed by atoms with Gasteiger partial charge in [0.05, 0.1) is 0 Å². The number of anilines is 1. The second-order valence-electron chi connectivity index (χ2n) is 8.17. The van der Waals surface area contributed by atoms with Gasteiger partial charge in [-0.25, -0.2) is 0 Å². The molecule has 7 heteroatoms. The molecule has 2 aliphatic heterocycles. The van der Waals surface area contributed by atoms with Crippen LogP contribution in [0.25, 0.3) is 0 Å². The van der Waals surface area contributed by atoms with Gasteiger partial charge in [-0.2, -0.15) is 0 Å². The second kappa shape index (κ2) is 10.1. The highest BCUT2D eigenvalue weighted by Gasteiger charge is 2.24. The summed E-state index contributed by atoms with van der Waals surface area (Å²) in [6.07, 6.45) is 2.68. The van der Waals surface area contributed by atoms with Crippen molar-refractivity contribution in [2.45, 2.75) is 38.4 Å². The minimum atomic E-state index is 0.255. The summed E-state index contributed by atoms with van der Waals surface area (Å²) >= 11 is 6.15. The number of aliphatic imine (C=N–C) groups is 1. The predicted molar refractivity (Wildman–Crippen MR) is 126 cm³/mol. The van der Waals surface area contributed by atoms with Gasteiger partial charge >= 0.3 is 0 Å². The molecule has 0 radical (unpaired) electrons. The number of hydrogen-bond acceptors (Lipinski definition) is 3. The van der Waals surface area contributed by atoms with Crippen LogP contribution in [0.2, 0.25) is 5.02 Å². The quantitative estimate of drug-likeness (QED) is 0.535. The van der Waals surface area contributed by atoms with Crippen LogP contribution in [0.5, 0.6) is 0 Å². The first-order valence-corrected chi connectivity index (χ1v) is 11.3. The van der Waals surface area contributed by atoms with E-state index in [4.69, 9.17) is 11.6 Å². The van der Waals surface area contributed by atoms with Crippen LogP contribution >= 0.6 is 11.6 Å². The molecule has 1 unspecified atom stereocenters. The summed E-state index contributed by atoms with van der Waals surface area (Å²) in [5, 5.41) is 7.76. The van der Waals surface area contributed by atoms with E-state index in [-0.39, 0.29) is 5.91 Å². The Morgan fingerprint density at radius 3 is 2.74 bits per heavy atom. The van der Waals surface area contributed by atoms with Gasteiger partial charge in [0.15, 0.2) is 5.96 Å². The molecule has 31 heavy (non-hydrogen) atoms. The Hall–Kier alpha value is -2.73. The van der Waals surface area contributed by atoms with Crippen molar-refractivity contribution < 1.29 is 4.79 Å². The Labute approximate surface area is 189 Å². The summed E-state index contributed by atoms with van der Waals surface area (Å²) in [5.74, 6) is 1.05. The van der Waals surface area contributed by atoms with Gasteiger partial charge in [-0.15, -0.1) is 0 Å². The summed E-state index contributed by atoms with van der Waals surface area (Å²) in [6.45, 7) is 4.10. The number of nitrogens with zero attached hydrogens (tertiary/aromatic N) is 3. The molecule has 2 N–H and O–H groups in total. The molecule has 2 saturated heterocycles. The number of carbonyl (C=O) groups is 1. The van der Waals surface area contributed by atoms with E-state index < -0.39 is 0 Å². The number of amides is 1. The fraction of sp³-hybridized carbons (Fsp3) is 0.417. The molecular formula is C24H30ClN5O. The van der Waals surface area contributed by atoms with Gasteiger partial charge in [-0.05, 0) is 42.2 Å². The van der Waals surface area contributed by atoms with Gasteiger partial charge in [0.2, 0.25) is 5.91 Å². The average Bonchev–Trinajstić information content (AvgIpc) is 3.41. The Bertz CT molecular complexity index is 947. The summed E-state index contributed by atoms with van der Waals surface area (Å²) in [4.78, 5) is 20.7. The van der Waals surface area contributed by atoms with Crippen LogP contribution in [0.15, 0.2) is 53.5 Å². The van der Waals surface area contributed by atoms with Crippen molar-refractivity contribution in [3.8, 4) is 0 Å². The van der Waals surface area contributed by atoms with E-state index in [2.05, 4.69) is 38.7 Å². The van der Waals surface area contributed by atoms with E-state index in [9.17, 15) is 4.79 Å². The van der Waals surface area contributed by atoms with Crippen LogP contribution < -0.4 is 15.5 Å². The largest absolute Gasteiger partial charge is 0.369 e. The van der Waals surface area contributed by atoms with Gasteiger partial charge in [0.1, 0.15) is 0 Å². The van der Waals surface area contributed by atoms with Crippen molar-refractivity contribution in [1.82, 2.24) is 15.5 Å². The number of nitrogens with one attached hydrogen (secondary N) is 2. The summed E-state index contributed by atoms with van der Waals surface area (Å²) in [6, 6.07) is 16.6. The lowest BCUT2D eigenvalue weighted by atomic mass is 10.1. The summed E-state index contributed by atoms with van der Waals surface area (Å²) in [5.41, 5.74) is 3.54. The molecular weight excluding hydrogens is 410 g/mol. The summed E-state index contributed by atoms with van der Waals surface area (Å²) in [7, 11) is 1.80. The second-order valence-corrected chi connectivity index (χ2v) is 8.61. The van der Waals surface area contributed by atoms with E-state index in [1.807, 2.05) is 35.2 Å². The van der Waals surface area contributed by atoms with Crippen molar-refractivity contribution in [2.24, 2.45) is 4.99 Å². The van der Waals surface area contributed by atoms with Gasteiger partial charge in [0.25, 0.3) is 0 Å². The zero-order valence-corrected chi connectivity index (χ0v) is 18.7. The van der Waals surface area contributed by atoms with E-state index >= 15 is 0 Å². The molecule has 2 fully saturated rings. The normalized spacial score (nSPS) is 19.2. The van der Waals surface area contributed by atoms with Gasteiger partial charge in [-0.1, -0.05) is 41.9 Å². The van der Waals surface area contributed by atoms with Crippen LogP contribution in [0.4, 0.5) is 5.69 Å². The molecule has 0 spiro atoms. The Balaban J connectivity index is 1.32. The number of likely N-dealkylation sites (tertiary alicyclic amines) is 1. The number of benzene rings is 2. The molecule has 1 amide bonds. The maximum atomic E-state index is 12.0. The highest BCUT2D eigenvalue weighted by Crippen LogP contribution is 2.23. The van der Waals surface area contributed by atoms with Crippen LogP contribution in [-0.4, -0.2) is 49.5 Å². The lowest BCUT2D eigenvalue weighted by molar-refractivity contribution is -0.128. The Morgan fingerprint density at radius 1 is 1.16 bits per heavy atom. The van der Waals surface area contributed by atoms with Crippen molar-refractivity contribution in [2.75, 3.05) is 31.6 Å². The first kappa shape index (κ1) is 21.5. The first-order valence-electron chi connectivity index (χ1n) is 10.9. The molecule has 0 saturated carbocycles. The standard InChI is InChI=1S/C24H30ClN5O/c1-26-24(28-21-11-13-29(17-21)22-9-4-8-20(25)14-22)27-15-18-6-2-3-7-19(18)16-30-12-5-10-23(30)31/h2-4,6-9,14,21H,5,10-13,15-17H2,1H3,(H2,26,27,28). The van der Waals surface area contributed by atoms with E-state index in [0.717, 1.165) is 49.1 Å². The van der Waals surface area contributed by atoms with Crippen LogP contribution in [0.1, 0.15) is 30.4 Å². The zero-order valence-electron chi connectivity index (χ0n) is 18.0. The molecule has 0 bridgehead atoms. The van der Waals surface area contributed by atoms with Crippen molar-refractivity contribution >= 4 is 29.2 Å². The smallest absolute Gasteiger partial charge is 0.222 e. The van der Waals surface area contributed by atoms with Crippen LogP contribution in [0.3, 0.4) is 0 Å². The van der Waals surface area contributed by atoms with E-state index in [0.29, 0.717) is 25.6 Å². The van der Waals surface area contributed by atoms with Gasteiger partial charge in [0, 0.05) is 62.9 Å². The SMILES string of the molecule is CN=C(NCc1ccccc1CN1CCCC1=O)NC1CCN(c2cccc(Cl)c2)C1. The highest BCUT2D eigenvalue weighted by molar-refractivity contribution is 6.30. The van der Waals surface area contributed by atoms with E-state index in [1.54, 1.807) is 7.05 Å². The number of guanidine groups is 1. The molecule has 164 valence electrons. The number of carbonyl (C=O) groups excluding carboxylic acids is 1. The molecule has 6 nitrogen and oxygen atoms in total. The maximum absolute atomic E-state index is 12.0. The fourth-order valence-electron chi connectivity index (χ4n) is 4.31. The molecule has 2 heterocycles. The average molecular weight is 440 g/mol. The molecule has 4 rings (SSSR count). The third-order valence-electron chi connectivity index (χ3n) is 6.02. The number of rotatable bonds is 6. The van der Waals surface area contributed by atoms with Gasteiger partial charge < -0.3 is 20.4 Å². The van der Waals surface area contributed by atoms with Gasteiger partial charge in [-0.3, -0.25) is 9.79 Å². The van der Waals surface area contributed by atoms with Crippen LogP contribution in [0, 0.1) is 0 Å². The lowest BCUT2D eigenvalue weighted by Gasteiger charge is -2.21. The molecule has 1 atom stereocenters. The summed E-state index contributed by atoms with van der Waals surface area (Å²) < 4.78 is 0. The maximum Gasteiger partial charge on any atom is 0.222 e. The number of halogens is 1. The topological polar surface area (TPSA) is 60.0 Å². The number of hydrogen-bond donors (Lipinski definition) is 2. The van der Waals surface area contributed by atoms with Crippen molar-refractivity contribution in [3.05, 3.63) is 64.7 Å². The predicted octanol–water partition coefficient (Wildman–Crippen LogP) is 3.41. The molecule has 2 aliphatic rings. The molecule has 0 aromatic heterocycles. The third-order valence-corrected chi connectivity index (χ3v) is 6.26. The van der Waals surface area contributed by atoms with E-state index in [1.165, 1.54) is 11.1 Å². The minimum absolute atomic E-state index is 0.255.